The third kappa shape index (κ3) is 4.12. The van der Waals surface area contributed by atoms with Gasteiger partial charge in [-0.3, -0.25) is 14.2 Å². The van der Waals surface area contributed by atoms with Crippen molar-refractivity contribution in [3.8, 4) is 0 Å². The molecule has 1 amide bonds. The number of thioether (sulfide) groups is 1. The van der Waals surface area contributed by atoms with E-state index < -0.39 is 5.25 Å². The highest BCUT2D eigenvalue weighted by atomic mass is 35.5. The van der Waals surface area contributed by atoms with Crippen molar-refractivity contribution >= 4 is 56.5 Å². The van der Waals surface area contributed by atoms with Gasteiger partial charge in [0.1, 0.15) is 16.6 Å². The van der Waals surface area contributed by atoms with Crippen LogP contribution in [0.3, 0.4) is 0 Å². The number of hydrogen-bond donors (Lipinski definition) is 0. The number of benzene rings is 1. The van der Waals surface area contributed by atoms with E-state index in [-0.39, 0.29) is 17.5 Å². The zero-order valence-electron chi connectivity index (χ0n) is 17.8. The summed E-state index contributed by atoms with van der Waals surface area (Å²) < 4.78 is 7.11. The van der Waals surface area contributed by atoms with Crippen LogP contribution in [-0.2, 0) is 11.8 Å². The van der Waals surface area contributed by atoms with Crippen LogP contribution in [0.5, 0.6) is 0 Å². The molecule has 0 radical (unpaired) electrons. The van der Waals surface area contributed by atoms with Gasteiger partial charge in [-0.05, 0) is 48.2 Å². The second kappa shape index (κ2) is 8.81. The Hall–Kier alpha value is -2.88. The fourth-order valence-electron chi connectivity index (χ4n) is 3.71. The number of carbonyl (C=O) groups is 1. The average molecular weight is 499 g/mol. The number of carbonyl (C=O) groups excluding carboxylic acids is 1. The number of rotatable bonds is 5. The van der Waals surface area contributed by atoms with Crippen LogP contribution < -0.4 is 5.56 Å². The Labute approximate surface area is 202 Å². The molecule has 0 aliphatic carbocycles. The van der Waals surface area contributed by atoms with Gasteiger partial charge in [0.05, 0.1) is 22.6 Å². The van der Waals surface area contributed by atoms with Gasteiger partial charge in [0.2, 0.25) is 0 Å². The van der Waals surface area contributed by atoms with E-state index in [1.54, 1.807) is 44.5 Å². The molecule has 0 spiro atoms. The van der Waals surface area contributed by atoms with Gasteiger partial charge in [0.15, 0.2) is 5.16 Å². The number of nitrogens with zero attached hydrogens (tertiary/aromatic N) is 4. The van der Waals surface area contributed by atoms with Crippen molar-refractivity contribution in [2.75, 3.05) is 0 Å². The SMILES string of the molecule is CC(Sc1nc2sccc2c(=O)n1C)C(=O)N1N=C(c2ccc(Cl)cc2)CC1c1ccco1. The molecule has 33 heavy (non-hydrogen) atoms. The number of amides is 1. The monoisotopic (exact) mass is 498 g/mol. The topological polar surface area (TPSA) is 80.7 Å². The normalized spacial score (nSPS) is 16.9. The maximum atomic E-state index is 13.5. The Morgan fingerprint density at radius 3 is 2.79 bits per heavy atom. The molecule has 2 unspecified atom stereocenters. The summed E-state index contributed by atoms with van der Waals surface area (Å²) in [7, 11) is 1.67. The van der Waals surface area contributed by atoms with Gasteiger partial charge in [0.25, 0.3) is 11.5 Å². The highest BCUT2D eigenvalue weighted by molar-refractivity contribution is 8.00. The maximum absolute atomic E-state index is 13.5. The van der Waals surface area contributed by atoms with Crippen LogP contribution in [0.2, 0.25) is 5.02 Å². The lowest BCUT2D eigenvalue weighted by atomic mass is 10.0. The largest absolute Gasteiger partial charge is 0.467 e. The Morgan fingerprint density at radius 1 is 1.27 bits per heavy atom. The number of thiophene rings is 1. The second-order valence-electron chi connectivity index (χ2n) is 7.63. The summed E-state index contributed by atoms with van der Waals surface area (Å²) in [5, 5.41) is 9.19. The van der Waals surface area contributed by atoms with Gasteiger partial charge in [0, 0.05) is 18.5 Å². The summed E-state index contributed by atoms with van der Waals surface area (Å²) in [4.78, 5) is 31.4. The van der Waals surface area contributed by atoms with Crippen molar-refractivity contribution in [3.63, 3.8) is 0 Å². The zero-order valence-corrected chi connectivity index (χ0v) is 20.2. The minimum absolute atomic E-state index is 0.124. The van der Waals surface area contributed by atoms with Crippen molar-refractivity contribution < 1.29 is 9.21 Å². The van der Waals surface area contributed by atoms with Crippen LogP contribution in [-0.4, -0.2) is 31.4 Å². The predicted octanol–water partition coefficient (Wildman–Crippen LogP) is 5.10. The van der Waals surface area contributed by atoms with Crippen molar-refractivity contribution in [1.82, 2.24) is 14.6 Å². The van der Waals surface area contributed by atoms with E-state index in [0.29, 0.717) is 32.6 Å². The first-order valence-electron chi connectivity index (χ1n) is 10.2. The van der Waals surface area contributed by atoms with Gasteiger partial charge in [-0.15, -0.1) is 11.3 Å². The molecule has 0 bridgehead atoms. The number of fused-ring (bicyclic) bond motifs is 1. The summed E-state index contributed by atoms with van der Waals surface area (Å²) >= 11 is 8.68. The van der Waals surface area contributed by atoms with Crippen LogP contribution in [0.25, 0.3) is 10.2 Å². The molecule has 168 valence electrons. The summed E-state index contributed by atoms with van der Waals surface area (Å²) in [6, 6.07) is 12.5. The molecule has 1 aromatic carbocycles. The number of furan rings is 1. The Balaban J connectivity index is 1.45. The minimum Gasteiger partial charge on any atom is -0.467 e. The van der Waals surface area contributed by atoms with Crippen molar-refractivity contribution in [3.05, 3.63) is 80.8 Å². The molecule has 0 saturated carbocycles. The molecule has 2 atom stereocenters. The lowest BCUT2D eigenvalue weighted by Gasteiger charge is -2.23. The molecule has 10 heteroatoms. The first-order chi connectivity index (χ1) is 15.9. The first-order valence-corrected chi connectivity index (χ1v) is 12.4. The molecule has 0 saturated heterocycles. The van der Waals surface area contributed by atoms with Crippen LogP contribution in [0.1, 0.15) is 30.7 Å². The average Bonchev–Trinajstić information content (AvgIpc) is 3.57. The van der Waals surface area contributed by atoms with E-state index in [4.69, 9.17) is 16.0 Å². The number of hydrogen-bond acceptors (Lipinski definition) is 7. The maximum Gasteiger partial charge on any atom is 0.262 e. The minimum atomic E-state index is -0.522. The summed E-state index contributed by atoms with van der Waals surface area (Å²) in [5.74, 6) is 0.477. The van der Waals surface area contributed by atoms with Crippen molar-refractivity contribution in [2.45, 2.75) is 29.8 Å². The molecule has 0 N–H and O–H groups in total. The van der Waals surface area contributed by atoms with Crippen LogP contribution in [0.4, 0.5) is 0 Å². The van der Waals surface area contributed by atoms with Crippen LogP contribution in [0.15, 0.2) is 73.6 Å². The first kappa shape index (κ1) is 21.9. The molecule has 3 aromatic heterocycles. The Morgan fingerprint density at radius 2 is 2.06 bits per heavy atom. The lowest BCUT2D eigenvalue weighted by molar-refractivity contribution is -0.132. The smallest absolute Gasteiger partial charge is 0.262 e. The number of aromatic nitrogens is 2. The summed E-state index contributed by atoms with van der Waals surface area (Å²) in [6.07, 6.45) is 2.11. The molecule has 1 aliphatic heterocycles. The van der Waals surface area contributed by atoms with Gasteiger partial charge < -0.3 is 4.42 Å². The van der Waals surface area contributed by atoms with Crippen LogP contribution in [0, 0.1) is 0 Å². The van der Waals surface area contributed by atoms with Gasteiger partial charge in [-0.1, -0.05) is 35.5 Å². The fraction of sp³-hybridized carbons (Fsp3) is 0.217. The molecular weight excluding hydrogens is 480 g/mol. The van der Waals surface area contributed by atoms with E-state index in [1.807, 2.05) is 23.6 Å². The van der Waals surface area contributed by atoms with E-state index >= 15 is 0 Å². The fourth-order valence-corrected chi connectivity index (χ4v) is 5.56. The third-order valence-electron chi connectivity index (χ3n) is 5.48. The molecule has 1 aliphatic rings. The third-order valence-corrected chi connectivity index (χ3v) is 7.67. The molecule has 4 heterocycles. The number of hydrazone groups is 1. The van der Waals surface area contributed by atoms with Crippen molar-refractivity contribution in [1.29, 1.82) is 0 Å². The van der Waals surface area contributed by atoms with Gasteiger partial charge >= 0.3 is 0 Å². The second-order valence-corrected chi connectivity index (χ2v) is 10.3. The van der Waals surface area contributed by atoms with E-state index in [9.17, 15) is 9.59 Å². The molecule has 7 nitrogen and oxygen atoms in total. The summed E-state index contributed by atoms with van der Waals surface area (Å²) in [6.45, 7) is 1.80. The molecule has 4 aromatic rings. The van der Waals surface area contributed by atoms with Gasteiger partial charge in [-0.25, -0.2) is 9.99 Å². The molecule has 5 rings (SSSR count). The van der Waals surface area contributed by atoms with Crippen molar-refractivity contribution in [2.24, 2.45) is 12.1 Å². The quantitative estimate of drug-likeness (QED) is 0.282. The lowest BCUT2D eigenvalue weighted by Crippen LogP contribution is -2.33. The standard InChI is InChI=1S/C23H19ClN4O3S2/c1-13(33-23-25-20-16(9-11-32-20)22(30)27(23)2)21(29)28-18(19-4-3-10-31-19)12-17(26-28)14-5-7-15(24)8-6-14/h3-11,13,18H,12H2,1-2H3. The highest BCUT2D eigenvalue weighted by Gasteiger charge is 2.37. The predicted molar refractivity (Wildman–Crippen MR) is 131 cm³/mol. The van der Waals surface area contributed by atoms with E-state index in [0.717, 1.165) is 11.3 Å². The van der Waals surface area contributed by atoms with E-state index in [2.05, 4.69) is 10.1 Å². The van der Waals surface area contributed by atoms with Gasteiger partial charge in [-0.2, -0.15) is 5.10 Å². The van der Waals surface area contributed by atoms with Crippen LogP contribution >= 0.6 is 34.7 Å². The summed E-state index contributed by atoms with van der Waals surface area (Å²) in [5.41, 5.74) is 1.56. The highest BCUT2D eigenvalue weighted by Crippen LogP contribution is 2.35. The zero-order chi connectivity index (χ0) is 23.1. The van der Waals surface area contributed by atoms with E-state index in [1.165, 1.54) is 32.7 Å². The Bertz CT molecular complexity index is 1410. The molecule has 0 fully saturated rings. The molecular formula is C23H19ClN4O3S2. The Kier molecular flexibility index (Phi) is 5.86. The number of halogens is 1.